The molecule has 0 saturated carbocycles. The summed E-state index contributed by atoms with van der Waals surface area (Å²) in [5.74, 6) is -0.167. The van der Waals surface area contributed by atoms with E-state index >= 15 is 0 Å². The minimum atomic E-state index is -0.167. The lowest BCUT2D eigenvalue weighted by Gasteiger charge is -2.19. The molecule has 2 aromatic rings. The number of nitrogens with one attached hydrogen (secondary N) is 1. The first-order chi connectivity index (χ1) is 8.63. The number of hydrogen-bond donors (Lipinski definition) is 1. The largest absolute Gasteiger partial charge is 0.309 e. The summed E-state index contributed by atoms with van der Waals surface area (Å²) in [7, 11) is 1.86. The zero-order valence-electron chi connectivity index (χ0n) is 10.4. The predicted molar refractivity (Wildman–Crippen MR) is 81.2 cm³/mol. The summed E-state index contributed by atoms with van der Waals surface area (Å²) in [4.78, 5) is 0. The van der Waals surface area contributed by atoms with Crippen LogP contribution in [0.25, 0.3) is 0 Å². The first-order valence-electron chi connectivity index (χ1n) is 5.81. The summed E-state index contributed by atoms with van der Waals surface area (Å²) in [5, 5.41) is 3.20. The van der Waals surface area contributed by atoms with Gasteiger partial charge in [0.05, 0.1) is 6.04 Å². The molecule has 94 valence electrons. The topological polar surface area (TPSA) is 12.0 Å². The maximum absolute atomic E-state index is 14.0. The molecular weight excluding hydrogens is 340 g/mol. The van der Waals surface area contributed by atoms with Crippen LogP contribution in [0.4, 0.5) is 4.39 Å². The normalized spacial score (nSPS) is 12.4. The molecule has 0 aliphatic carbocycles. The molecule has 2 aromatic carbocycles. The van der Waals surface area contributed by atoms with E-state index < -0.39 is 0 Å². The Balaban J connectivity index is 2.52. The van der Waals surface area contributed by atoms with Crippen LogP contribution in [-0.4, -0.2) is 7.05 Å². The molecule has 0 amide bonds. The predicted octanol–water partition coefficient (Wildman–Crippen LogP) is 4.05. The van der Waals surface area contributed by atoms with E-state index in [1.54, 1.807) is 6.07 Å². The monoisotopic (exact) mass is 355 g/mol. The van der Waals surface area contributed by atoms with E-state index in [4.69, 9.17) is 0 Å². The van der Waals surface area contributed by atoms with Gasteiger partial charge in [0.1, 0.15) is 5.82 Å². The van der Waals surface area contributed by atoms with Crippen molar-refractivity contribution in [2.24, 2.45) is 0 Å². The van der Waals surface area contributed by atoms with Gasteiger partial charge in [0.2, 0.25) is 0 Å². The van der Waals surface area contributed by atoms with E-state index in [-0.39, 0.29) is 11.9 Å². The summed E-state index contributed by atoms with van der Waals surface area (Å²) in [6.45, 7) is 1.98. The zero-order chi connectivity index (χ0) is 13.1. The van der Waals surface area contributed by atoms with Gasteiger partial charge in [-0.15, -0.1) is 0 Å². The van der Waals surface area contributed by atoms with Crippen molar-refractivity contribution in [2.45, 2.75) is 13.0 Å². The molecule has 3 heteroatoms. The molecule has 1 unspecified atom stereocenters. The van der Waals surface area contributed by atoms with Gasteiger partial charge in [0, 0.05) is 9.13 Å². The fourth-order valence-electron chi connectivity index (χ4n) is 2.07. The number of benzene rings is 2. The van der Waals surface area contributed by atoms with Crippen LogP contribution in [0.2, 0.25) is 0 Å². The molecule has 0 radical (unpaired) electrons. The third kappa shape index (κ3) is 2.72. The third-order valence-electron chi connectivity index (χ3n) is 2.97. The average Bonchev–Trinajstić information content (AvgIpc) is 2.36. The van der Waals surface area contributed by atoms with Crippen LogP contribution in [0.5, 0.6) is 0 Å². The van der Waals surface area contributed by atoms with E-state index in [9.17, 15) is 4.39 Å². The second kappa shape index (κ2) is 5.80. The molecule has 0 heterocycles. The highest BCUT2D eigenvalue weighted by atomic mass is 127. The fraction of sp³-hybridized carbons (Fsp3) is 0.200. The molecule has 0 aliphatic rings. The van der Waals surface area contributed by atoms with E-state index in [0.29, 0.717) is 5.56 Å². The van der Waals surface area contributed by atoms with E-state index in [2.05, 4.69) is 27.9 Å². The van der Waals surface area contributed by atoms with Crippen molar-refractivity contribution in [2.75, 3.05) is 7.05 Å². The van der Waals surface area contributed by atoms with Crippen molar-refractivity contribution in [1.82, 2.24) is 5.32 Å². The first-order valence-corrected chi connectivity index (χ1v) is 6.89. The smallest absolute Gasteiger partial charge is 0.128 e. The molecule has 0 aliphatic heterocycles. The van der Waals surface area contributed by atoms with E-state index in [1.807, 2.05) is 44.3 Å². The van der Waals surface area contributed by atoms with Crippen LogP contribution >= 0.6 is 22.6 Å². The molecular formula is C15H15FIN. The average molecular weight is 355 g/mol. The van der Waals surface area contributed by atoms with Crippen LogP contribution in [0.3, 0.4) is 0 Å². The molecule has 1 N–H and O–H groups in total. The van der Waals surface area contributed by atoms with Gasteiger partial charge >= 0.3 is 0 Å². The van der Waals surface area contributed by atoms with Crippen molar-refractivity contribution in [3.05, 3.63) is 68.5 Å². The molecule has 0 saturated heterocycles. The van der Waals surface area contributed by atoms with Gasteiger partial charge in [-0.2, -0.15) is 0 Å². The van der Waals surface area contributed by atoms with Crippen LogP contribution < -0.4 is 5.32 Å². The van der Waals surface area contributed by atoms with Crippen molar-refractivity contribution in [3.8, 4) is 0 Å². The molecule has 1 atom stereocenters. The Kier molecular flexibility index (Phi) is 4.35. The van der Waals surface area contributed by atoms with Crippen LogP contribution in [-0.2, 0) is 0 Å². The van der Waals surface area contributed by atoms with Crippen molar-refractivity contribution in [3.63, 3.8) is 0 Å². The summed E-state index contributed by atoms with van der Waals surface area (Å²) in [6, 6.07) is 13.2. The molecule has 2 rings (SSSR count). The van der Waals surface area contributed by atoms with Crippen LogP contribution in [0, 0.1) is 16.3 Å². The minimum Gasteiger partial charge on any atom is -0.309 e. The highest BCUT2D eigenvalue weighted by Gasteiger charge is 2.18. The zero-order valence-corrected chi connectivity index (χ0v) is 12.5. The molecule has 0 fully saturated rings. The highest BCUT2D eigenvalue weighted by molar-refractivity contribution is 14.1. The highest BCUT2D eigenvalue weighted by Crippen LogP contribution is 2.28. The molecule has 1 nitrogen and oxygen atoms in total. The summed E-state index contributed by atoms with van der Waals surface area (Å²) in [5.41, 5.74) is 2.87. The number of halogens is 2. The van der Waals surface area contributed by atoms with Gasteiger partial charge in [-0.05, 0) is 54.3 Å². The third-order valence-corrected chi connectivity index (χ3v) is 3.95. The van der Waals surface area contributed by atoms with E-state index in [0.717, 1.165) is 14.7 Å². The number of hydrogen-bond acceptors (Lipinski definition) is 1. The Morgan fingerprint density at radius 2 is 1.83 bits per heavy atom. The Morgan fingerprint density at radius 1 is 1.11 bits per heavy atom. The van der Waals surface area contributed by atoms with Crippen LogP contribution in [0.15, 0.2) is 42.5 Å². The summed E-state index contributed by atoms with van der Waals surface area (Å²) >= 11 is 2.28. The summed E-state index contributed by atoms with van der Waals surface area (Å²) < 4.78 is 15.1. The van der Waals surface area contributed by atoms with Crippen molar-refractivity contribution >= 4 is 22.6 Å². The second-order valence-electron chi connectivity index (χ2n) is 4.27. The molecule has 0 spiro atoms. The van der Waals surface area contributed by atoms with Gasteiger partial charge in [0.25, 0.3) is 0 Å². The number of rotatable bonds is 3. The maximum atomic E-state index is 14.0. The van der Waals surface area contributed by atoms with Crippen molar-refractivity contribution < 1.29 is 4.39 Å². The SMILES string of the molecule is CNC(c1cc(C)ccc1F)c1ccccc1I. The Hall–Kier alpha value is -0.940. The standard InChI is InChI=1S/C15H15FIN/c1-10-7-8-13(16)12(9-10)15(18-2)11-5-3-4-6-14(11)17/h3-9,15,18H,1-2H3. The first kappa shape index (κ1) is 13.5. The van der Waals surface area contributed by atoms with Gasteiger partial charge in [-0.3, -0.25) is 0 Å². The fourth-order valence-corrected chi connectivity index (χ4v) is 2.77. The van der Waals surface area contributed by atoms with Gasteiger partial charge in [-0.1, -0.05) is 35.9 Å². The minimum absolute atomic E-state index is 0.113. The Labute approximate surface area is 121 Å². The van der Waals surface area contributed by atoms with Gasteiger partial charge in [0.15, 0.2) is 0 Å². The van der Waals surface area contributed by atoms with Crippen LogP contribution in [0.1, 0.15) is 22.7 Å². The lowest BCUT2D eigenvalue weighted by molar-refractivity contribution is 0.574. The number of aryl methyl sites for hydroxylation is 1. The lowest BCUT2D eigenvalue weighted by Crippen LogP contribution is -2.20. The maximum Gasteiger partial charge on any atom is 0.128 e. The molecule has 18 heavy (non-hydrogen) atoms. The molecule has 0 aromatic heterocycles. The van der Waals surface area contributed by atoms with Gasteiger partial charge < -0.3 is 5.32 Å². The van der Waals surface area contributed by atoms with Gasteiger partial charge in [-0.25, -0.2) is 4.39 Å². The Morgan fingerprint density at radius 3 is 2.50 bits per heavy atom. The van der Waals surface area contributed by atoms with E-state index in [1.165, 1.54) is 6.07 Å². The summed E-state index contributed by atoms with van der Waals surface area (Å²) in [6.07, 6.45) is 0. The van der Waals surface area contributed by atoms with Crippen molar-refractivity contribution in [1.29, 1.82) is 0 Å². The quantitative estimate of drug-likeness (QED) is 0.820. The lowest BCUT2D eigenvalue weighted by atomic mass is 9.97. The second-order valence-corrected chi connectivity index (χ2v) is 5.43. The Bertz CT molecular complexity index is 554. The molecule has 0 bridgehead atoms.